The summed E-state index contributed by atoms with van der Waals surface area (Å²) in [6.07, 6.45) is 0.378. The van der Waals surface area contributed by atoms with E-state index >= 15 is 0 Å². The number of aromatic amines is 1. The van der Waals surface area contributed by atoms with Crippen molar-refractivity contribution in [1.82, 2.24) is 10.3 Å². The monoisotopic (exact) mass is 359 g/mol. The molecule has 25 heavy (non-hydrogen) atoms. The number of nitrogens with one attached hydrogen (secondary N) is 2. The molecular weight excluding hydrogens is 332 g/mol. The second kappa shape index (κ2) is 6.59. The van der Waals surface area contributed by atoms with Crippen molar-refractivity contribution >= 4 is 25.9 Å². The summed E-state index contributed by atoms with van der Waals surface area (Å²) >= 11 is 0. The maximum absolute atomic E-state index is 11.8. The lowest BCUT2D eigenvalue weighted by Gasteiger charge is -2.41. The summed E-state index contributed by atoms with van der Waals surface area (Å²) in [5.41, 5.74) is 3.11. The van der Waals surface area contributed by atoms with Gasteiger partial charge in [-0.25, -0.2) is 0 Å². The fraction of sp³-hybridized carbons (Fsp3) is 0.526. The van der Waals surface area contributed by atoms with Crippen LogP contribution >= 0.6 is 0 Å². The number of benzene rings is 1. The second-order valence-electron chi connectivity index (χ2n) is 8.11. The average molecular weight is 360 g/mol. The lowest BCUT2D eigenvalue weighted by atomic mass is 9.80. The van der Waals surface area contributed by atoms with Crippen molar-refractivity contribution in [1.29, 1.82) is 0 Å². The zero-order chi connectivity index (χ0) is 18.4. The standard InChI is InChI=1S/C19H27N2O3Si/c1-19(2,3)17(24-25(4)5)16-15-12(10-14(21-16)18(22)23)11-8-6-7-9-13(11)20-15/h6-9,14,16-17,20-21H,10H2,1-5H3,(H,22,23). The van der Waals surface area contributed by atoms with E-state index in [1.54, 1.807) is 0 Å². The topological polar surface area (TPSA) is 74.3 Å². The first-order chi connectivity index (χ1) is 11.7. The van der Waals surface area contributed by atoms with Crippen LogP contribution in [0.5, 0.6) is 0 Å². The van der Waals surface area contributed by atoms with Crippen molar-refractivity contribution in [3.63, 3.8) is 0 Å². The van der Waals surface area contributed by atoms with Crippen molar-refractivity contribution in [2.75, 3.05) is 0 Å². The molecule has 1 aromatic heterocycles. The molecule has 3 N–H and O–H groups in total. The van der Waals surface area contributed by atoms with Crippen LogP contribution in [0.1, 0.15) is 38.1 Å². The molecule has 6 heteroatoms. The molecule has 0 amide bonds. The van der Waals surface area contributed by atoms with Crippen LogP contribution in [0.2, 0.25) is 13.1 Å². The van der Waals surface area contributed by atoms with E-state index in [2.05, 4.69) is 50.2 Å². The highest BCUT2D eigenvalue weighted by Gasteiger charge is 2.42. The van der Waals surface area contributed by atoms with Gasteiger partial charge in [-0.3, -0.25) is 10.1 Å². The Labute approximate surface area is 150 Å². The molecule has 135 valence electrons. The van der Waals surface area contributed by atoms with Crippen LogP contribution in [0, 0.1) is 5.41 Å². The molecule has 2 heterocycles. The van der Waals surface area contributed by atoms with E-state index in [9.17, 15) is 9.90 Å². The molecule has 1 aliphatic heterocycles. The van der Waals surface area contributed by atoms with Gasteiger partial charge in [0.15, 0.2) is 0 Å². The van der Waals surface area contributed by atoms with E-state index in [0.717, 1.165) is 22.2 Å². The number of H-pyrrole nitrogens is 1. The van der Waals surface area contributed by atoms with Crippen LogP contribution in [0.3, 0.4) is 0 Å². The minimum absolute atomic E-state index is 0.106. The van der Waals surface area contributed by atoms with Gasteiger partial charge in [-0.1, -0.05) is 39.0 Å². The summed E-state index contributed by atoms with van der Waals surface area (Å²) in [6.45, 7) is 10.7. The smallest absolute Gasteiger partial charge is 0.321 e. The lowest BCUT2D eigenvalue weighted by molar-refractivity contribution is -0.140. The quantitative estimate of drug-likeness (QED) is 0.731. The maximum atomic E-state index is 11.8. The molecule has 0 fully saturated rings. The molecule has 3 atom stereocenters. The number of para-hydroxylation sites is 1. The number of hydrogen-bond donors (Lipinski definition) is 3. The Hall–Kier alpha value is -1.63. The molecule has 3 unspecified atom stereocenters. The minimum atomic E-state index is -0.934. The molecule has 0 bridgehead atoms. The molecule has 1 radical (unpaired) electrons. The largest absolute Gasteiger partial charge is 0.480 e. The SMILES string of the molecule is C[Si](C)OC(C1NC(C(=O)O)Cc2c1[nH]c1ccccc21)C(C)(C)C. The molecule has 3 rings (SSSR count). The first-order valence-electron chi connectivity index (χ1n) is 8.73. The Morgan fingerprint density at radius 1 is 1.32 bits per heavy atom. The van der Waals surface area contributed by atoms with E-state index < -0.39 is 21.1 Å². The fourth-order valence-corrected chi connectivity index (χ4v) is 4.66. The number of hydrogen-bond acceptors (Lipinski definition) is 3. The van der Waals surface area contributed by atoms with Gasteiger partial charge < -0.3 is 14.5 Å². The number of carboxylic acids is 1. The lowest BCUT2D eigenvalue weighted by Crippen LogP contribution is -2.52. The first-order valence-corrected chi connectivity index (χ1v) is 11.1. The zero-order valence-electron chi connectivity index (χ0n) is 15.5. The number of carboxylic acid groups (broad SMARTS) is 1. The van der Waals surface area contributed by atoms with Crippen LogP contribution in [0.4, 0.5) is 0 Å². The van der Waals surface area contributed by atoms with Crippen LogP contribution in [-0.2, 0) is 15.6 Å². The van der Waals surface area contributed by atoms with Gasteiger partial charge in [0, 0.05) is 23.0 Å². The zero-order valence-corrected chi connectivity index (χ0v) is 16.5. The van der Waals surface area contributed by atoms with Gasteiger partial charge in [0.2, 0.25) is 9.04 Å². The van der Waals surface area contributed by atoms with Crippen molar-refractivity contribution in [2.45, 2.75) is 58.5 Å². The normalized spacial score (nSPS) is 22.2. The number of carbonyl (C=O) groups is 1. The third-order valence-electron chi connectivity index (χ3n) is 4.76. The highest BCUT2D eigenvalue weighted by Crippen LogP contribution is 2.39. The number of aromatic nitrogens is 1. The Balaban J connectivity index is 2.13. The third-order valence-corrected chi connectivity index (χ3v) is 5.49. The summed E-state index contributed by atoms with van der Waals surface area (Å²) in [7, 11) is -0.934. The number of rotatable bonds is 4. The summed E-state index contributed by atoms with van der Waals surface area (Å²) in [5, 5.41) is 14.1. The average Bonchev–Trinajstić information content (AvgIpc) is 2.89. The van der Waals surface area contributed by atoms with Gasteiger partial charge in [0.25, 0.3) is 0 Å². The van der Waals surface area contributed by atoms with Crippen molar-refractivity contribution < 1.29 is 14.3 Å². The van der Waals surface area contributed by atoms with Gasteiger partial charge in [-0.2, -0.15) is 0 Å². The van der Waals surface area contributed by atoms with E-state index in [1.807, 2.05) is 18.2 Å². The summed E-state index contributed by atoms with van der Waals surface area (Å²) in [5.74, 6) is -0.813. The van der Waals surface area contributed by atoms with Crippen molar-refractivity contribution in [3.8, 4) is 0 Å². The van der Waals surface area contributed by atoms with Crippen LogP contribution < -0.4 is 5.32 Å². The van der Waals surface area contributed by atoms with Gasteiger partial charge in [0.1, 0.15) is 6.04 Å². The maximum Gasteiger partial charge on any atom is 0.321 e. The molecule has 1 aromatic carbocycles. The Morgan fingerprint density at radius 2 is 2.00 bits per heavy atom. The Bertz CT molecular complexity index is 779. The highest BCUT2D eigenvalue weighted by molar-refractivity contribution is 6.48. The predicted molar refractivity (Wildman–Crippen MR) is 101 cm³/mol. The second-order valence-corrected chi connectivity index (χ2v) is 10.2. The summed E-state index contributed by atoms with van der Waals surface area (Å²) in [4.78, 5) is 15.3. The molecule has 0 aliphatic carbocycles. The number of fused-ring (bicyclic) bond motifs is 3. The molecule has 2 aromatic rings. The Morgan fingerprint density at radius 3 is 2.60 bits per heavy atom. The van der Waals surface area contributed by atoms with Gasteiger partial charge >= 0.3 is 5.97 Å². The fourth-order valence-electron chi connectivity index (χ4n) is 3.67. The molecule has 0 saturated carbocycles. The highest BCUT2D eigenvalue weighted by atomic mass is 28.3. The van der Waals surface area contributed by atoms with Crippen LogP contribution in [0.25, 0.3) is 10.9 Å². The van der Waals surface area contributed by atoms with Crippen LogP contribution in [0.15, 0.2) is 24.3 Å². The van der Waals surface area contributed by atoms with Crippen LogP contribution in [-0.4, -0.2) is 37.2 Å². The van der Waals surface area contributed by atoms with E-state index in [4.69, 9.17) is 4.43 Å². The summed E-state index contributed by atoms with van der Waals surface area (Å²) in [6, 6.07) is 7.33. The number of aliphatic carboxylic acids is 1. The van der Waals surface area contributed by atoms with E-state index in [-0.39, 0.29) is 17.6 Å². The van der Waals surface area contributed by atoms with Gasteiger partial charge in [-0.05, 0) is 30.1 Å². The minimum Gasteiger partial charge on any atom is -0.480 e. The molecular formula is C19H27N2O3Si. The molecule has 5 nitrogen and oxygen atoms in total. The molecule has 0 spiro atoms. The predicted octanol–water partition coefficient (Wildman–Crippen LogP) is 3.49. The molecule has 0 saturated heterocycles. The molecule has 1 aliphatic rings. The van der Waals surface area contributed by atoms with Crippen molar-refractivity contribution in [3.05, 3.63) is 35.5 Å². The van der Waals surface area contributed by atoms with E-state index in [0.29, 0.717) is 6.42 Å². The van der Waals surface area contributed by atoms with Gasteiger partial charge in [-0.15, -0.1) is 0 Å². The third kappa shape index (κ3) is 3.52. The summed E-state index contributed by atoms with van der Waals surface area (Å²) < 4.78 is 6.36. The van der Waals surface area contributed by atoms with E-state index in [1.165, 1.54) is 0 Å². The first kappa shape index (κ1) is 18.2. The van der Waals surface area contributed by atoms with Gasteiger partial charge in [0.05, 0.1) is 12.1 Å². The van der Waals surface area contributed by atoms with Crippen molar-refractivity contribution in [2.24, 2.45) is 5.41 Å². The Kier molecular flexibility index (Phi) is 4.79.